The standard InChI is InChI=1S/C20H30BrN7O2/c1-20(2,11-22)16-15-17(21)25-28(18(15)24-12-23-16)14-5-3-13(4-6-14)26-7-9-27(10-8-26)19(29)30/h12-14H,3-11,22H2,1-2H3,(H,29,30)/t13-,14-. The van der Waals surface area contributed by atoms with Crippen LogP contribution in [-0.2, 0) is 5.41 Å². The molecule has 9 nitrogen and oxygen atoms in total. The lowest BCUT2D eigenvalue weighted by Crippen LogP contribution is -2.52. The molecule has 0 radical (unpaired) electrons. The van der Waals surface area contributed by atoms with Crippen LogP contribution in [0.25, 0.3) is 11.0 Å². The number of halogens is 1. The van der Waals surface area contributed by atoms with Gasteiger partial charge in [0.05, 0.1) is 17.1 Å². The van der Waals surface area contributed by atoms with E-state index in [1.54, 1.807) is 6.33 Å². The van der Waals surface area contributed by atoms with Gasteiger partial charge in [-0.05, 0) is 41.6 Å². The van der Waals surface area contributed by atoms with Crippen LogP contribution in [-0.4, -0.2) is 79.5 Å². The van der Waals surface area contributed by atoms with Crippen LogP contribution in [0.2, 0.25) is 0 Å². The van der Waals surface area contributed by atoms with Gasteiger partial charge in [-0.15, -0.1) is 0 Å². The minimum absolute atomic E-state index is 0.257. The van der Waals surface area contributed by atoms with E-state index in [0.717, 1.165) is 60.1 Å². The van der Waals surface area contributed by atoms with Crippen molar-refractivity contribution in [2.24, 2.45) is 5.73 Å². The molecule has 1 aliphatic heterocycles. The Morgan fingerprint density at radius 3 is 2.40 bits per heavy atom. The third-order valence-electron chi connectivity index (χ3n) is 6.71. The molecule has 0 unspecified atom stereocenters. The number of nitrogens with two attached hydrogens (primary N) is 1. The summed E-state index contributed by atoms with van der Waals surface area (Å²) in [6.07, 6.45) is 5.05. The summed E-state index contributed by atoms with van der Waals surface area (Å²) in [6.45, 7) is 7.52. The summed E-state index contributed by atoms with van der Waals surface area (Å²) in [5.41, 5.74) is 7.54. The Labute approximate surface area is 184 Å². The zero-order valence-electron chi connectivity index (χ0n) is 17.6. The number of carbonyl (C=O) groups is 1. The minimum atomic E-state index is -0.811. The van der Waals surface area contributed by atoms with Crippen LogP contribution in [0.3, 0.4) is 0 Å². The van der Waals surface area contributed by atoms with Crippen molar-refractivity contribution in [1.82, 2.24) is 29.5 Å². The van der Waals surface area contributed by atoms with Crippen molar-refractivity contribution in [3.8, 4) is 0 Å². The fourth-order valence-corrected chi connectivity index (χ4v) is 5.28. The molecular formula is C20H30BrN7O2. The number of hydrogen-bond acceptors (Lipinski definition) is 6. The third kappa shape index (κ3) is 3.92. The van der Waals surface area contributed by atoms with Crippen molar-refractivity contribution >= 4 is 33.1 Å². The highest BCUT2D eigenvalue weighted by Crippen LogP contribution is 2.37. The average molecular weight is 480 g/mol. The van der Waals surface area contributed by atoms with Crippen LogP contribution >= 0.6 is 15.9 Å². The van der Waals surface area contributed by atoms with Crippen LogP contribution in [0.5, 0.6) is 0 Å². The van der Waals surface area contributed by atoms with Crippen LogP contribution in [0.1, 0.15) is 51.3 Å². The van der Waals surface area contributed by atoms with Gasteiger partial charge in [-0.2, -0.15) is 5.10 Å². The molecule has 30 heavy (non-hydrogen) atoms. The summed E-state index contributed by atoms with van der Waals surface area (Å²) in [5.74, 6) is 0. The number of carboxylic acid groups (broad SMARTS) is 1. The lowest BCUT2D eigenvalue weighted by Gasteiger charge is -2.41. The maximum Gasteiger partial charge on any atom is 0.407 e. The molecule has 3 heterocycles. The zero-order chi connectivity index (χ0) is 21.5. The molecule has 0 aromatic carbocycles. The van der Waals surface area contributed by atoms with Gasteiger partial charge in [0.15, 0.2) is 5.65 Å². The Morgan fingerprint density at radius 1 is 1.17 bits per heavy atom. The fourth-order valence-electron chi connectivity index (χ4n) is 4.74. The SMILES string of the molecule is CC(C)(CN)c1ncnc2c1c(Br)nn2[C@H]1CC[C@H](N2CCN(C(=O)O)CC2)CC1. The molecule has 1 aliphatic carbocycles. The first-order valence-electron chi connectivity index (χ1n) is 10.6. The zero-order valence-corrected chi connectivity index (χ0v) is 19.2. The first-order chi connectivity index (χ1) is 14.3. The summed E-state index contributed by atoms with van der Waals surface area (Å²) in [7, 11) is 0. The Balaban J connectivity index is 1.48. The molecule has 4 rings (SSSR count). The quantitative estimate of drug-likeness (QED) is 0.692. The summed E-state index contributed by atoms with van der Waals surface area (Å²) in [6, 6.07) is 0.822. The molecule has 1 saturated heterocycles. The number of fused-ring (bicyclic) bond motifs is 1. The van der Waals surface area contributed by atoms with Crippen molar-refractivity contribution < 1.29 is 9.90 Å². The van der Waals surface area contributed by atoms with E-state index in [0.29, 0.717) is 31.7 Å². The number of piperazine rings is 1. The van der Waals surface area contributed by atoms with Crippen molar-refractivity contribution in [2.45, 2.75) is 57.0 Å². The van der Waals surface area contributed by atoms with Gasteiger partial charge in [0, 0.05) is 44.2 Å². The van der Waals surface area contributed by atoms with E-state index in [2.05, 4.69) is 49.3 Å². The molecule has 0 bridgehead atoms. The molecule has 0 spiro atoms. The van der Waals surface area contributed by atoms with E-state index in [9.17, 15) is 4.79 Å². The number of nitrogens with zero attached hydrogens (tertiary/aromatic N) is 6. The van der Waals surface area contributed by atoms with Crippen molar-refractivity contribution in [3.05, 3.63) is 16.6 Å². The molecular weight excluding hydrogens is 450 g/mol. The topological polar surface area (TPSA) is 113 Å². The Bertz CT molecular complexity index is 915. The maximum absolute atomic E-state index is 11.1. The fraction of sp³-hybridized carbons (Fsp3) is 0.700. The van der Waals surface area contributed by atoms with Gasteiger partial charge in [-0.3, -0.25) is 4.90 Å². The Kier molecular flexibility index (Phi) is 6.00. The summed E-state index contributed by atoms with van der Waals surface area (Å²) in [5, 5.41) is 14.9. The molecule has 1 amide bonds. The predicted molar refractivity (Wildman–Crippen MR) is 118 cm³/mol. The van der Waals surface area contributed by atoms with E-state index in [1.165, 1.54) is 4.90 Å². The Hall–Kier alpha value is -1.78. The maximum atomic E-state index is 11.1. The number of amides is 1. The second kappa shape index (κ2) is 8.39. The minimum Gasteiger partial charge on any atom is -0.465 e. The monoisotopic (exact) mass is 479 g/mol. The van der Waals surface area contributed by atoms with Gasteiger partial charge in [0.2, 0.25) is 0 Å². The molecule has 1 saturated carbocycles. The molecule has 2 aliphatic rings. The summed E-state index contributed by atoms with van der Waals surface area (Å²) in [4.78, 5) is 24.2. The van der Waals surface area contributed by atoms with Gasteiger partial charge < -0.3 is 15.7 Å². The average Bonchev–Trinajstić information content (AvgIpc) is 3.10. The van der Waals surface area contributed by atoms with E-state index in [1.807, 2.05) is 0 Å². The van der Waals surface area contributed by atoms with Crippen LogP contribution < -0.4 is 5.73 Å². The first kappa shape index (κ1) is 21.5. The molecule has 10 heteroatoms. The summed E-state index contributed by atoms with van der Waals surface area (Å²) < 4.78 is 2.84. The van der Waals surface area contributed by atoms with E-state index in [-0.39, 0.29) is 5.41 Å². The Morgan fingerprint density at radius 2 is 1.80 bits per heavy atom. The lowest BCUT2D eigenvalue weighted by molar-refractivity contribution is 0.0671. The number of rotatable bonds is 4. The van der Waals surface area contributed by atoms with Gasteiger partial charge in [0.25, 0.3) is 0 Å². The van der Waals surface area contributed by atoms with Crippen molar-refractivity contribution in [2.75, 3.05) is 32.7 Å². The lowest BCUT2D eigenvalue weighted by atomic mass is 9.87. The number of hydrogen-bond donors (Lipinski definition) is 2. The molecule has 2 aromatic heterocycles. The van der Waals surface area contributed by atoms with E-state index in [4.69, 9.17) is 15.9 Å². The van der Waals surface area contributed by atoms with Crippen molar-refractivity contribution in [3.63, 3.8) is 0 Å². The summed E-state index contributed by atoms with van der Waals surface area (Å²) >= 11 is 3.63. The van der Waals surface area contributed by atoms with Crippen LogP contribution in [0.15, 0.2) is 10.9 Å². The van der Waals surface area contributed by atoms with Crippen molar-refractivity contribution in [1.29, 1.82) is 0 Å². The predicted octanol–water partition coefficient (Wildman–Crippen LogP) is 2.60. The molecule has 2 fully saturated rings. The van der Waals surface area contributed by atoms with Crippen LogP contribution in [0, 0.1) is 0 Å². The highest BCUT2D eigenvalue weighted by Gasteiger charge is 2.32. The molecule has 2 aromatic rings. The molecule has 3 N–H and O–H groups in total. The highest BCUT2D eigenvalue weighted by atomic mass is 79.9. The van der Waals surface area contributed by atoms with E-state index < -0.39 is 6.09 Å². The van der Waals surface area contributed by atoms with Gasteiger partial charge in [-0.1, -0.05) is 13.8 Å². The van der Waals surface area contributed by atoms with Gasteiger partial charge in [0.1, 0.15) is 10.9 Å². The van der Waals surface area contributed by atoms with Gasteiger partial charge in [-0.25, -0.2) is 19.4 Å². The van der Waals surface area contributed by atoms with Crippen LogP contribution in [0.4, 0.5) is 4.79 Å². The largest absolute Gasteiger partial charge is 0.465 e. The smallest absolute Gasteiger partial charge is 0.407 e. The van der Waals surface area contributed by atoms with Gasteiger partial charge >= 0.3 is 6.09 Å². The second-order valence-electron chi connectivity index (χ2n) is 9.01. The normalized spacial score (nSPS) is 23.8. The molecule has 0 atom stereocenters. The highest BCUT2D eigenvalue weighted by molar-refractivity contribution is 9.10. The second-order valence-corrected chi connectivity index (χ2v) is 9.76. The van der Waals surface area contributed by atoms with E-state index >= 15 is 0 Å². The third-order valence-corrected chi connectivity index (χ3v) is 7.27. The number of aromatic nitrogens is 4. The molecule has 164 valence electrons. The first-order valence-corrected chi connectivity index (χ1v) is 11.4.